The van der Waals surface area contributed by atoms with E-state index < -0.39 is 0 Å². The van der Waals surface area contributed by atoms with Gasteiger partial charge in [-0.05, 0) is 50.6 Å². The number of allylic oxidation sites excluding steroid dienone is 4. The van der Waals surface area contributed by atoms with Crippen LogP contribution in [0, 0.1) is 0 Å². The summed E-state index contributed by atoms with van der Waals surface area (Å²) in [6.45, 7) is 0. The Morgan fingerprint density at radius 2 is 0.708 bits per heavy atom. The molecule has 0 saturated carbocycles. The predicted molar refractivity (Wildman–Crippen MR) is 196 cm³/mol. The van der Waals surface area contributed by atoms with Crippen molar-refractivity contribution in [1.29, 1.82) is 0 Å². The van der Waals surface area contributed by atoms with Gasteiger partial charge in [0.15, 0.2) is 17.5 Å². The molecular weight excluding hydrogens is 583 g/mol. The second-order valence-corrected chi connectivity index (χ2v) is 12.4. The van der Waals surface area contributed by atoms with Crippen LogP contribution in [-0.2, 0) is 0 Å². The zero-order valence-electron chi connectivity index (χ0n) is 26.2. The van der Waals surface area contributed by atoms with E-state index in [1.165, 1.54) is 38.9 Å². The summed E-state index contributed by atoms with van der Waals surface area (Å²) in [5.74, 6) is 2.66. The van der Waals surface area contributed by atoms with E-state index in [9.17, 15) is 0 Å². The summed E-state index contributed by atoms with van der Waals surface area (Å²) in [5.41, 5.74) is 13.0. The SMILES string of the molecule is C1=CC2c3cc(-c4ccc(-c5nc(-c6ccccc6)nc(-c6ccc(-c7ccccc7)cc6)n5)cc4)ccc3-c3ccccc3[C@H]2C=C1. The second kappa shape index (κ2) is 11.9. The zero-order valence-corrected chi connectivity index (χ0v) is 26.2. The van der Waals surface area contributed by atoms with Crippen LogP contribution in [0.25, 0.3) is 67.5 Å². The van der Waals surface area contributed by atoms with Crippen LogP contribution in [0.2, 0.25) is 0 Å². The van der Waals surface area contributed by atoms with Gasteiger partial charge in [-0.1, -0.05) is 170 Å². The van der Waals surface area contributed by atoms with Gasteiger partial charge in [-0.25, -0.2) is 15.0 Å². The molecule has 3 heteroatoms. The van der Waals surface area contributed by atoms with Gasteiger partial charge in [0.1, 0.15) is 0 Å². The maximum absolute atomic E-state index is 4.99. The summed E-state index contributed by atoms with van der Waals surface area (Å²) in [6.07, 6.45) is 9.06. The van der Waals surface area contributed by atoms with Gasteiger partial charge in [0.05, 0.1) is 0 Å². The molecule has 226 valence electrons. The Morgan fingerprint density at radius 1 is 0.312 bits per heavy atom. The van der Waals surface area contributed by atoms with Crippen LogP contribution in [0.4, 0.5) is 0 Å². The molecule has 2 atom stereocenters. The number of nitrogens with zero attached hydrogens (tertiary/aromatic N) is 3. The van der Waals surface area contributed by atoms with E-state index >= 15 is 0 Å². The van der Waals surface area contributed by atoms with E-state index in [-0.39, 0.29) is 0 Å². The van der Waals surface area contributed by atoms with Gasteiger partial charge in [-0.3, -0.25) is 0 Å². The molecule has 2 aliphatic rings. The quantitative estimate of drug-likeness (QED) is 0.194. The monoisotopic (exact) mass is 613 g/mol. The molecule has 0 saturated heterocycles. The van der Waals surface area contributed by atoms with Crippen molar-refractivity contribution in [3.63, 3.8) is 0 Å². The third-order valence-electron chi connectivity index (χ3n) is 9.55. The van der Waals surface area contributed by atoms with Crippen molar-refractivity contribution in [3.05, 3.63) is 187 Å². The molecule has 0 amide bonds. The number of benzene rings is 6. The van der Waals surface area contributed by atoms with Crippen LogP contribution >= 0.6 is 0 Å². The minimum Gasteiger partial charge on any atom is -0.208 e. The van der Waals surface area contributed by atoms with Crippen LogP contribution in [0.1, 0.15) is 23.0 Å². The molecule has 0 radical (unpaired) electrons. The molecule has 6 aromatic carbocycles. The van der Waals surface area contributed by atoms with Crippen molar-refractivity contribution in [2.45, 2.75) is 11.8 Å². The second-order valence-electron chi connectivity index (χ2n) is 12.4. The van der Waals surface area contributed by atoms with Gasteiger partial charge < -0.3 is 0 Å². The first-order valence-electron chi connectivity index (χ1n) is 16.4. The summed E-state index contributed by atoms with van der Waals surface area (Å²) in [5, 5.41) is 0. The molecule has 0 fully saturated rings. The predicted octanol–water partition coefficient (Wildman–Crippen LogP) is 11.2. The average Bonchev–Trinajstić information content (AvgIpc) is 3.18. The third-order valence-corrected chi connectivity index (χ3v) is 9.55. The van der Waals surface area contributed by atoms with Gasteiger partial charge in [0.2, 0.25) is 0 Å². The zero-order chi connectivity index (χ0) is 31.9. The number of aromatic nitrogens is 3. The third kappa shape index (κ3) is 5.06. The topological polar surface area (TPSA) is 38.7 Å². The molecule has 0 N–H and O–H groups in total. The normalized spacial score (nSPS) is 15.8. The smallest absolute Gasteiger partial charge is 0.164 e. The van der Waals surface area contributed by atoms with E-state index in [4.69, 9.17) is 15.0 Å². The van der Waals surface area contributed by atoms with Crippen molar-refractivity contribution in [1.82, 2.24) is 15.0 Å². The summed E-state index contributed by atoms with van der Waals surface area (Å²) in [6, 6.07) is 53.4. The van der Waals surface area contributed by atoms with E-state index in [2.05, 4.69) is 140 Å². The first-order valence-corrected chi connectivity index (χ1v) is 16.4. The molecular formula is C45H31N3. The molecule has 1 unspecified atom stereocenters. The van der Waals surface area contributed by atoms with E-state index in [1.54, 1.807) is 0 Å². The molecule has 2 aliphatic carbocycles. The maximum atomic E-state index is 4.99. The van der Waals surface area contributed by atoms with Crippen molar-refractivity contribution in [2.24, 2.45) is 0 Å². The van der Waals surface area contributed by atoms with Gasteiger partial charge in [0, 0.05) is 28.5 Å². The molecule has 0 spiro atoms. The minimum absolute atomic E-state index is 0.334. The number of hydrogen-bond donors (Lipinski definition) is 0. The lowest BCUT2D eigenvalue weighted by Gasteiger charge is -2.34. The molecule has 7 aromatic rings. The molecule has 0 aliphatic heterocycles. The van der Waals surface area contributed by atoms with Gasteiger partial charge in [-0.15, -0.1) is 0 Å². The Labute approximate surface area is 280 Å². The lowest BCUT2D eigenvalue weighted by molar-refractivity contribution is 0.720. The first-order chi connectivity index (χ1) is 23.8. The molecule has 0 bridgehead atoms. The van der Waals surface area contributed by atoms with Gasteiger partial charge in [0.25, 0.3) is 0 Å². The van der Waals surface area contributed by atoms with Crippen LogP contribution in [-0.4, -0.2) is 15.0 Å². The lowest BCUT2D eigenvalue weighted by Crippen LogP contribution is -2.16. The van der Waals surface area contributed by atoms with E-state index in [0.29, 0.717) is 29.3 Å². The van der Waals surface area contributed by atoms with Crippen molar-refractivity contribution in [2.75, 3.05) is 0 Å². The Bertz CT molecular complexity index is 2320. The standard InChI is InChI=1S/C45H31N3/c1-3-11-30(12-4-1)31-19-23-34(24-20-31)44-46-43(33-13-5-2-6-14-33)47-45(48-44)35-25-21-32(22-26-35)36-27-28-41-39-17-8-7-15-37(39)38-16-9-10-18-40(38)42(41)29-36/h1-29,38,40H/t38-,40?/m1/s1. The molecule has 48 heavy (non-hydrogen) atoms. The molecule has 3 nitrogen and oxygen atoms in total. The Balaban J connectivity index is 1.08. The van der Waals surface area contributed by atoms with E-state index in [0.717, 1.165) is 22.3 Å². The number of fused-ring (bicyclic) bond motifs is 6. The highest BCUT2D eigenvalue weighted by Gasteiger charge is 2.31. The fourth-order valence-corrected chi connectivity index (χ4v) is 7.10. The average molecular weight is 614 g/mol. The summed E-state index contributed by atoms with van der Waals surface area (Å²) in [7, 11) is 0. The van der Waals surface area contributed by atoms with Crippen LogP contribution in [0.5, 0.6) is 0 Å². The number of rotatable bonds is 5. The van der Waals surface area contributed by atoms with Crippen LogP contribution in [0.3, 0.4) is 0 Å². The largest absolute Gasteiger partial charge is 0.208 e. The van der Waals surface area contributed by atoms with Gasteiger partial charge >= 0.3 is 0 Å². The fourth-order valence-electron chi connectivity index (χ4n) is 7.10. The maximum Gasteiger partial charge on any atom is 0.164 e. The molecule has 9 rings (SSSR count). The van der Waals surface area contributed by atoms with Gasteiger partial charge in [-0.2, -0.15) is 0 Å². The number of hydrogen-bond acceptors (Lipinski definition) is 3. The summed E-state index contributed by atoms with van der Waals surface area (Å²) < 4.78 is 0. The highest BCUT2D eigenvalue weighted by molar-refractivity contribution is 5.81. The fraction of sp³-hybridized carbons (Fsp3) is 0.0444. The van der Waals surface area contributed by atoms with Crippen molar-refractivity contribution < 1.29 is 0 Å². The Morgan fingerprint density at radius 3 is 1.31 bits per heavy atom. The lowest BCUT2D eigenvalue weighted by atomic mass is 9.69. The molecule has 1 heterocycles. The highest BCUT2D eigenvalue weighted by Crippen LogP contribution is 2.50. The van der Waals surface area contributed by atoms with Crippen molar-refractivity contribution >= 4 is 0 Å². The highest BCUT2D eigenvalue weighted by atomic mass is 15.0. The van der Waals surface area contributed by atoms with Crippen LogP contribution < -0.4 is 0 Å². The van der Waals surface area contributed by atoms with Crippen LogP contribution in [0.15, 0.2) is 176 Å². The minimum atomic E-state index is 0.334. The molecule has 1 aromatic heterocycles. The summed E-state index contributed by atoms with van der Waals surface area (Å²) >= 11 is 0. The Kier molecular flexibility index (Phi) is 6.94. The first kappa shape index (κ1) is 28.1. The Hall–Kier alpha value is -6.19. The summed E-state index contributed by atoms with van der Waals surface area (Å²) in [4.78, 5) is 14.9. The van der Waals surface area contributed by atoms with E-state index in [1.807, 2.05) is 36.4 Å². The van der Waals surface area contributed by atoms with Crippen molar-refractivity contribution in [3.8, 4) is 67.5 Å².